The highest BCUT2D eigenvalue weighted by atomic mass is 16.5. The zero-order valence-corrected chi connectivity index (χ0v) is 7.95. The van der Waals surface area contributed by atoms with Gasteiger partial charge in [-0.3, -0.25) is 9.69 Å². The number of esters is 1. The van der Waals surface area contributed by atoms with Crippen molar-refractivity contribution in [2.24, 2.45) is 0 Å². The summed E-state index contributed by atoms with van der Waals surface area (Å²) in [7, 11) is 1.46. The van der Waals surface area contributed by atoms with E-state index in [0.29, 0.717) is 6.04 Å². The van der Waals surface area contributed by atoms with Crippen LogP contribution in [0.15, 0.2) is 0 Å². The highest BCUT2D eigenvalue weighted by Crippen LogP contribution is 2.29. The van der Waals surface area contributed by atoms with E-state index >= 15 is 0 Å². The molecule has 0 bridgehead atoms. The van der Waals surface area contributed by atoms with Crippen LogP contribution in [-0.4, -0.2) is 49.7 Å². The van der Waals surface area contributed by atoms with Crippen LogP contribution in [-0.2, 0) is 9.53 Å². The standard InChI is InChI=1S/C9H16N2O2/c1-13-9(12)8-6-10-4-5-11(8)7-2-3-7/h7-8,10H,2-6H2,1H3. The van der Waals surface area contributed by atoms with Crippen LogP contribution in [0.25, 0.3) is 0 Å². The summed E-state index contributed by atoms with van der Waals surface area (Å²) in [6.45, 7) is 2.71. The molecule has 1 aliphatic heterocycles. The minimum atomic E-state index is -0.0981. The lowest BCUT2D eigenvalue weighted by Gasteiger charge is -2.34. The number of nitrogens with zero attached hydrogens (tertiary/aromatic N) is 1. The summed E-state index contributed by atoms with van der Waals surface area (Å²) in [6, 6.07) is 0.595. The molecule has 0 radical (unpaired) electrons. The third kappa shape index (κ3) is 1.84. The first kappa shape index (κ1) is 8.97. The van der Waals surface area contributed by atoms with Crippen LogP contribution in [0.2, 0.25) is 0 Å². The average Bonchev–Trinajstić information content (AvgIpc) is 3.00. The Morgan fingerprint density at radius 1 is 1.54 bits per heavy atom. The predicted octanol–water partition coefficient (Wildman–Crippen LogP) is -0.404. The third-order valence-electron chi connectivity index (χ3n) is 2.77. The maximum absolute atomic E-state index is 11.4. The summed E-state index contributed by atoms with van der Waals surface area (Å²) in [5, 5.41) is 3.22. The molecule has 0 aromatic heterocycles. The molecule has 0 amide bonds. The van der Waals surface area contributed by atoms with Gasteiger partial charge < -0.3 is 10.1 Å². The predicted molar refractivity (Wildman–Crippen MR) is 48.4 cm³/mol. The molecule has 1 atom stereocenters. The van der Waals surface area contributed by atoms with Crippen LogP contribution < -0.4 is 5.32 Å². The van der Waals surface area contributed by atoms with Crippen molar-refractivity contribution in [2.45, 2.75) is 24.9 Å². The molecular formula is C9H16N2O2. The Morgan fingerprint density at radius 2 is 2.31 bits per heavy atom. The van der Waals surface area contributed by atoms with Crippen molar-refractivity contribution >= 4 is 5.97 Å². The molecule has 1 heterocycles. The number of carbonyl (C=O) groups excluding carboxylic acids is 1. The second-order valence-corrected chi connectivity index (χ2v) is 3.71. The minimum Gasteiger partial charge on any atom is -0.468 e. The molecule has 4 nitrogen and oxygen atoms in total. The summed E-state index contributed by atoms with van der Waals surface area (Å²) in [6.07, 6.45) is 2.49. The lowest BCUT2D eigenvalue weighted by molar-refractivity contribution is -0.147. The topological polar surface area (TPSA) is 41.6 Å². The van der Waals surface area contributed by atoms with Gasteiger partial charge in [0.25, 0.3) is 0 Å². The molecule has 2 aliphatic rings. The average molecular weight is 184 g/mol. The van der Waals surface area contributed by atoms with E-state index < -0.39 is 0 Å². The normalized spacial score (nSPS) is 30.1. The van der Waals surface area contributed by atoms with Gasteiger partial charge in [-0.05, 0) is 12.8 Å². The van der Waals surface area contributed by atoms with Gasteiger partial charge in [0.05, 0.1) is 7.11 Å². The number of nitrogens with one attached hydrogen (secondary N) is 1. The first-order valence-electron chi connectivity index (χ1n) is 4.87. The van der Waals surface area contributed by atoms with Gasteiger partial charge >= 0.3 is 5.97 Å². The molecule has 1 aliphatic carbocycles. The first-order chi connectivity index (χ1) is 6.33. The molecule has 2 fully saturated rings. The van der Waals surface area contributed by atoms with Crippen molar-refractivity contribution in [3.8, 4) is 0 Å². The van der Waals surface area contributed by atoms with Gasteiger partial charge in [0.1, 0.15) is 6.04 Å². The summed E-state index contributed by atoms with van der Waals surface area (Å²) in [5.74, 6) is -0.0981. The molecule has 13 heavy (non-hydrogen) atoms. The van der Waals surface area contributed by atoms with Crippen molar-refractivity contribution in [1.29, 1.82) is 0 Å². The molecule has 0 aromatic rings. The van der Waals surface area contributed by atoms with Crippen molar-refractivity contribution in [1.82, 2.24) is 10.2 Å². The second kappa shape index (κ2) is 3.64. The molecular weight excluding hydrogens is 168 g/mol. The zero-order chi connectivity index (χ0) is 9.26. The molecule has 0 spiro atoms. The van der Waals surface area contributed by atoms with E-state index in [9.17, 15) is 4.79 Å². The molecule has 2 rings (SSSR count). The largest absolute Gasteiger partial charge is 0.468 e. The van der Waals surface area contributed by atoms with Gasteiger partial charge in [0, 0.05) is 25.7 Å². The molecule has 74 valence electrons. The quantitative estimate of drug-likeness (QED) is 0.593. The summed E-state index contributed by atoms with van der Waals surface area (Å²) in [4.78, 5) is 13.7. The van der Waals surface area contributed by atoms with E-state index in [1.807, 2.05) is 0 Å². The number of hydrogen-bond donors (Lipinski definition) is 1. The molecule has 1 unspecified atom stereocenters. The van der Waals surface area contributed by atoms with E-state index in [1.165, 1.54) is 20.0 Å². The van der Waals surface area contributed by atoms with E-state index in [1.54, 1.807) is 0 Å². The molecule has 0 aromatic carbocycles. The minimum absolute atomic E-state index is 0.0498. The van der Waals surface area contributed by atoms with Gasteiger partial charge in [-0.2, -0.15) is 0 Å². The Kier molecular flexibility index (Phi) is 2.51. The van der Waals surface area contributed by atoms with Crippen molar-refractivity contribution in [2.75, 3.05) is 26.7 Å². The van der Waals surface area contributed by atoms with Crippen molar-refractivity contribution < 1.29 is 9.53 Å². The van der Waals surface area contributed by atoms with Gasteiger partial charge in [0.15, 0.2) is 0 Å². The number of rotatable bonds is 2. The fourth-order valence-corrected chi connectivity index (χ4v) is 1.92. The van der Waals surface area contributed by atoms with Crippen LogP contribution in [0.3, 0.4) is 0 Å². The Labute approximate surface area is 78.2 Å². The Hall–Kier alpha value is -0.610. The van der Waals surface area contributed by atoms with Gasteiger partial charge in [-0.25, -0.2) is 0 Å². The lowest BCUT2D eigenvalue weighted by atomic mass is 10.2. The second-order valence-electron chi connectivity index (χ2n) is 3.71. The smallest absolute Gasteiger partial charge is 0.324 e. The Morgan fingerprint density at radius 3 is 2.92 bits per heavy atom. The van der Waals surface area contributed by atoms with Crippen LogP contribution in [0, 0.1) is 0 Å². The summed E-state index contributed by atoms with van der Waals surface area (Å²) in [5.41, 5.74) is 0. The van der Waals surface area contributed by atoms with Crippen molar-refractivity contribution in [3.63, 3.8) is 0 Å². The van der Waals surface area contributed by atoms with Crippen molar-refractivity contribution in [3.05, 3.63) is 0 Å². The van der Waals surface area contributed by atoms with Gasteiger partial charge in [-0.1, -0.05) is 0 Å². The summed E-state index contributed by atoms with van der Waals surface area (Å²) >= 11 is 0. The number of hydrogen-bond acceptors (Lipinski definition) is 4. The fraction of sp³-hybridized carbons (Fsp3) is 0.889. The molecule has 4 heteroatoms. The number of ether oxygens (including phenoxy) is 1. The third-order valence-corrected chi connectivity index (χ3v) is 2.77. The molecule has 1 saturated carbocycles. The van der Waals surface area contributed by atoms with E-state index in [4.69, 9.17) is 4.74 Å². The maximum Gasteiger partial charge on any atom is 0.324 e. The highest BCUT2D eigenvalue weighted by molar-refractivity contribution is 5.76. The Balaban J connectivity index is 1.99. The van der Waals surface area contributed by atoms with Gasteiger partial charge in [-0.15, -0.1) is 0 Å². The van der Waals surface area contributed by atoms with E-state index in [0.717, 1.165) is 19.6 Å². The van der Waals surface area contributed by atoms with Crippen LogP contribution in [0.4, 0.5) is 0 Å². The molecule has 1 N–H and O–H groups in total. The van der Waals surface area contributed by atoms with Crippen LogP contribution in [0.5, 0.6) is 0 Å². The van der Waals surface area contributed by atoms with Gasteiger partial charge in [0.2, 0.25) is 0 Å². The lowest BCUT2D eigenvalue weighted by Crippen LogP contribution is -2.55. The summed E-state index contributed by atoms with van der Waals surface area (Å²) < 4.78 is 4.78. The maximum atomic E-state index is 11.4. The number of carbonyl (C=O) groups is 1. The fourth-order valence-electron chi connectivity index (χ4n) is 1.92. The monoisotopic (exact) mass is 184 g/mol. The SMILES string of the molecule is COC(=O)C1CNCCN1C1CC1. The zero-order valence-electron chi connectivity index (χ0n) is 7.95. The molecule has 1 saturated heterocycles. The highest BCUT2D eigenvalue weighted by Gasteiger charge is 2.38. The van der Waals surface area contributed by atoms with E-state index in [-0.39, 0.29) is 12.0 Å². The number of methoxy groups -OCH3 is 1. The van der Waals surface area contributed by atoms with Crippen LogP contribution in [0.1, 0.15) is 12.8 Å². The number of piperazine rings is 1. The first-order valence-corrected chi connectivity index (χ1v) is 4.87. The van der Waals surface area contributed by atoms with E-state index in [2.05, 4.69) is 10.2 Å². The Bertz CT molecular complexity index is 204. The van der Waals surface area contributed by atoms with Crippen LogP contribution >= 0.6 is 0 Å².